The van der Waals surface area contributed by atoms with Crippen molar-refractivity contribution < 1.29 is 9.53 Å². The average molecular weight is 366 g/mol. The molecule has 3 heteroatoms. The largest absolute Gasteiger partial charge is 0.492 e. The molecule has 0 spiro atoms. The van der Waals surface area contributed by atoms with Crippen molar-refractivity contribution in [1.82, 2.24) is 4.90 Å². The maximum absolute atomic E-state index is 12.4. The molecule has 0 amide bonds. The molecule has 27 heavy (non-hydrogen) atoms. The van der Waals surface area contributed by atoms with Crippen LogP contribution < -0.4 is 4.74 Å². The number of Topliss-reactive ketones (excluding diaryl/α,β-unsaturated/α-hetero) is 1. The topological polar surface area (TPSA) is 29.5 Å². The fraction of sp³-hybridized carbons (Fsp3) is 0.458. The van der Waals surface area contributed by atoms with Crippen molar-refractivity contribution in [2.24, 2.45) is 5.92 Å². The zero-order chi connectivity index (χ0) is 19.4. The van der Waals surface area contributed by atoms with Gasteiger partial charge in [0.15, 0.2) is 5.78 Å². The highest BCUT2D eigenvalue weighted by Gasteiger charge is 2.14. The summed E-state index contributed by atoms with van der Waals surface area (Å²) in [6.45, 7) is 12.2. The number of nitrogens with zero attached hydrogens (tertiary/aromatic N) is 1. The number of hydrogen-bond acceptors (Lipinski definition) is 3. The molecule has 0 bridgehead atoms. The maximum Gasteiger partial charge on any atom is 0.165 e. The Kier molecular flexibility index (Phi) is 6.33. The molecule has 2 aromatic carbocycles. The molecule has 144 valence electrons. The van der Waals surface area contributed by atoms with Gasteiger partial charge in [0.2, 0.25) is 0 Å². The van der Waals surface area contributed by atoms with Gasteiger partial charge >= 0.3 is 0 Å². The van der Waals surface area contributed by atoms with Gasteiger partial charge in [0.05, 0.1) is 0 Å². The molecule has 0 N–H and O–H groups in total. The number of rotatable bonds is 7. The van der Waals surface area contributed by atoms with E-state index in [-0.39, 0.29) is 11.7 Å². The number of carbonyl (C=O) groups is 1. The molecular weight excluding hydrogens is 334 g/mol. The Bertz CT molecular complexity index is 804. The third-order valence-electron chi connectivity index (χ3n) is 5.50. The van der Waals surface area contributed by atoms with E-state index in [1.165, 1.54) is 37.1 Å². The van der Waals surface area contributed by atoms with Crippen LogP contribution in [0.5, 0.6) is 5.75 Å². The van der Waals surface area contributed by atoms with Gasteiger partial charge in [-0.15, -0.1) is 0 Å². The van der Waals surface area contributed by atoms with E-state index in [1.807, 2.05) is 32.0 Å². The molecule has 1 aliphatic rings. The number of benzene rings is 2. The normalized spacial score (nSPS) is 14.7. The van der Waals surface area contributed by atoms with Crippen LogP contribution in [0.15, 0.2) is 36.4 Å². The first-order chi connectivity index (χ1) is 13.0. The Balaban J connectivity index is 1.81. The Morgan fingerprint density at radius 3 is 2.56 bits per heavy atom. The van der Waals surface area contributed by atoms with E-state index in [9.17, 15) is 4.79 Å². The highest BCUT2D eigenvalue weighted by Crippen LogP contribution is 2.31. The summed E-state index contributed by atoms with van der Waals surface area (Å²) in [5.74, 6) is 1.10. The smallest absolute Gasteiger partial charge is 0.165 e. The van der Waals surface area contributed by atoms with Gasteiger partial charge in [0, 0.05) is 18.0 Å². The van der Waals surface area contributed by atoms with Crippen molar-refractivity contribution in [3.63, 3.8) is 0 Å². The number of aryl methyl sites for hydroxylation is 1. The molecule has 0 aliphatic carbocycles. The summed E-state index contributed by atoms with van der Waals surface area (Å²) in [5.41, 5.74) is 5.44. The first-order valence-electron chi connectivity index (χ1n) is 10.1. The number of ketones is 1. The Labute approximate surface area is 163 Å². The van der Waals surface area contributed by atoms with Crippen LogP contribution in [-0.4, -0.2) is 36.9 Å². The molecule has 1 aliphatic heterocycles. The minimum atomic E-state index is 0.00309. The molecule has 0 radical (unpaired) electrons. The van der Waals surface area contributed by atoms with Gasteiger partial charge in [-0.05, 0) is 80.2 Å². The third-order valence-corrected chi connectivity index (χ3v) is 5.50. The van der Waals surface area contributed by atoms with Crippen LogP contribution in [0.2, 0.25) is 0 Å². The molecule has 1 saturated heterocycles. The first kappa shape index (κ1) is 19.6. The summed E-state index contributed by atoms with van der Waals surface area (Å²) in [6, 6.07) is 12.2. The van der Waals surface area contributed by atoms with Gasteiger partial charge in [-0.2, -0.15) is 0 Å². The van der Waals surface area contributed by atoms with Crippen molar-refractivity contribution in [3.05, 3.63) is 53.1 Å². The molecule has 0 atom stereocenters. The van der Waals surface area contributed by atoms with Gasteiger partial charge in [-0.25, -0.2) is 0 Å². The lowest BCUT2D eigenvalue weighted by Gasteiger charge is -2.17. The number of likely N-dealkylation sites (tertiary alicyclic amines) is 1. The van der Waals surface area contributed by atoms with E-state index in [0.717, 1.165) is 29.0 Å². The van der Waals surface area contributed by atoms with Gasteiger partial charge in [-0.1, -0.05) is 32.0 Å². The summed E-state index contributed by atoms with van der Waals surface area (Å²) >= 11 is 0. The molecular formula is C24H31NO2. The number of ether oxygens (including phenoxy) is 1. The van der Waals surface area contributed by atoms with Gasteiger partial charge in [0.1, 0.15) is 12.4 Å². The lowest BCUT2D eigenvalue weighted by molar-refractivity contribution is 0.0939. The zero-order valence-electron chi connectivity index (χ0n) is 17.0. The molecule has 3 nitrogen and oxygen atoms in total. The fourth-order valence-electron chi connectivity index (χ4n) is 3.68. The lowest BCUT2D eigenvalue weighted by Crippen LogP contribution is -2.25. The predicted molar refractivity (Wildman–Crippen MR) is 112 cm³/mol. The van der Waals surface area contributed by atoms with Crippen LogP contribution in [0.4, 0.5) is 0 Å². The van der Waals surface area contributed by atoms with E-state index in [1.54, 1.807) is 0 Å². The van der Waals surface area contributed by atoms with E-state index in [2.05, 4.69) is 36.9 Å². The summed E-state index contributed by atoms with van der Waals surface area (Å²) in [4.78, 5) is 14.8. The molecule has 2 aromatic rings. The Hall–Kier alpha value is -2.13. The van der Waals surface area contributed by atoms with Gasteiger partial charge in [-0.3, -0.25) is 9.69 Å². The van der Waals surface area contributed by atoms with Crippen LogP contribution in [0.25, 0.3) is 11.1 Å². The monoisotopic (exact) mass is 365 g/mol. The number of carbonyl (C=O) groups excluding carboxylic acids is 1. The zero-order valence-corrected chi connectivity index (χ0v) is 17.0. The van der Waals surface area contributed by atoms with Crippen LogP contribution in [0, 0.1) is 19.8 Å². The lowest BCUT2D eigenvalue weighted by atomic mass is 9.93. The fourth-order valence-corrected chi connectivity index (χ4v) is 3.68. The average Bonchev–Trinajstić information content (AvgIpc) is 3.17. The van der Waals surface area contributed by atoms with Gasteiger partial charge in [0.25, 0.3) is 0 Å². The van der Waals surface area contributed by atoms with Crippen LogP contribution in [0.3, 0.4) is 0 Å². The van der Waals surface area contributed by atoms with Crippen molar-refractivity contribution in [2.45, 2.75) is 40.5 Å². The number of hydrogen-bond donors (Lipinski definition) is 0. The van der Waals surface area contributed by atoms with E-state index in [0.29, 0.717) is 6.61 Å². The van der Waals surface area contributed by atoms with Crippen LogP contribution in [-0.2, 0) is 0 Å². The molecule has 3 rings (SSSR count). The minimum absolute atomic E-state index is 0.00309. The molecule has 1 heterocycles. The Morgan fingerprint density at radius 2 is 1.85 bits per heavy atom. The van der Waals surface area contributed by atoms with Crippen molar-refractivity contribution >= 4 is 5.78 Å². The first-order valence-corrected chi connectivity index (χ1v) is 10.1. The highest BCUT2D eigenvalue weighted by atomic mass is 16.5. The minimum Gasteiger partial charge on any atom is -0.492 e. The summed E-state index contributed by atoms with van der Waals surface area (Å²) in [5, 5.41) is 0. The quantitative estimate of drug-likeness (QED) is 0.625. The molecule has 0 unspecified atom stereocenters. The second kappa shape index (κ2) is 8.71. The second-order valence-corrected chi connectivity index (χ2v) is 7.91. The van der Waals surface area contributed by atoms with Crippen LogP contribution >= 0.6 is 0 Å². The predicted octanol–water partition coefficient (Wildman–Crippen LogP) is 5.28. The second-order valence-electron chi connectivity index (χ2n) is 7.91. The Morgan fingerprint density at radius 1 is 1.11 bits per heavy atom. The van der Waals surface area contributed by atoms with Crippen molar-refractivity contribution in [3.8, 4) is 16.9 Å². The maximum atomic E-state index is 12.4. The van der Waals surface area contributed by atoms with Crippen molar-refractivity contribution in [2.75, 3.05) is 26.2 Å². The summed E-state index contributed by atoms with van der Waals surface area (Å²) in [6.07, 6.45) is 2.61. The standard InChI is InChI=1S/C24H31NO2/c1-17(2)24(26)21-9-7-8-20(15-21)23-16-22(14-18(3)19(23)4)27-13-12-25-10-5-6-11-25/h7-9,14-17H,5-6,10-13H2,1-4H3. The van der Waals surface area contributed by atoms with Gasteiger partial charge < -0.3 is 4.74 Å². The molecule has 0 saturated carbocycles. The van der Waals surface area contributed by atoms with E-state index < -0.39 is 0 Å². The van der Waals surface area contributed by atoms with Crippen molar-refractivity contribution in [1.29, 1.82) is 0 Å². The van der Waals surface area contributed by atoms with Crippen LogP contribution in [0.1, 0.15) is 48.2 Å². The molecule has 0 aromatic heterocycles. The van der Waals surface area contributed by atoms with E-state index >= 15 is 0 Å². The highest BCUT2D eigenvalue weighted by molar-refractivity contribution is 5.98. The third kappa shape index (κ3) is 4.78. The van der Waals surface area contributed by atoms with E-state index in [4.69, 9.17) is 4.74 Å². The summed E-state index contributed by atoms with van der Waals surface area (Å²) in [7, 11) is 0. The SMILES string of the molecule is Cc1cc(OCCN2CCCC2)cc(-c2cccc(C(=O)C(C)C)c2)c1C. The molecule has 1 fully saturated rings. The summed E-state index contributed by atoms with van der Waals surface area (Å²) < 4.78 is 6.07.